The Morgan fingerprint density at radius 2 is 2.18 bits per heavy atom. The monoisotopic (exact) mass is 333 g/mol. The number of benzene rings is 1. The van der Waals surface area contributed by atoms with Gasteiger partial charge in [0.1, 0.15) is 0 Å². The summed E-state index contributed by atoms with van der Waals surface area (Å²) in [7, 11) is 0. The second kappa shape index (κ2) is 5.85. The molecule has 0 atom stereocenters. The van der Waals surface area contributed by atoms with Crippen molar-refractivity contribution < 1.29 is 0 Å². The lowest BCUT2D eigenvalue weighted by atomic mass is 10.3. The Morgan fingerprint density at radius 1 is 1.35 bits per heavy atom. The molecule has 17 heavy (non-hydrogen) atoms. The van der Waals surface area contributed by atoms with Gasteiger partial charge in [-0.3, -0.25) is 0 Å². The highest BCUT2D eigenvalue weighted by Crippen LogP contribution is 2.24. The molecule has 0 fully saturated rings. The summed E-state index contributed by atoms with van der Waals surface area (Å²) < 4.78 is 2.63. The summed E-state index contributed by atoms with van der Waals surface area (Å²) in [5, 5.41) is 8.78. The standard InChI is InChI=1S/C11H10BrCl2N3/c12-8-3-4-10(14)11(6-8)17-7-9(15-16-17)2-1-5-13/h3-4,6-7H,1-2,5H2. The summed E-state index contributed by atoms with van der Waals surface area (Å²) in [5.74, 6) is 0.629. The molecule has 0 bridgehead atoms. The first-order chi connectivity index (χ1) is 8.20. The molecule has 2 aromatic rings. The fourth-order valence-corrected chi connectivity index (χ4v) is 2.13. The molecule has 0 amide bonds. The van der Waals surface area contributed by atoms with Gasteiger partial charge in [-0.15, -0.1) is 16.7 Å². The van der Waals surface area contributed by atoms with Gasteiger partial charge in [0, 0.05) is 10.4 Å². The molecule has 0 aliphatic rings. The lowest BCUT2D eigenvalue weighted by molar-refractivity contribution is 0.792. The van der Waals surface area contributed by atoms with Crippen LogP contribution >= 0.6 is 39.1 Å². The highest BCUT2D eigenvalue weighted by atomic mass is 79.9. The van der Waals surface area contributed by atoms with Gasteiger partial charge in [0.15, 0.2) is 0 Å². The van der Waals surface area contributed by atoms with E-state index in [0.717, 1.165) is 28.7 Å². The Labute approximate surface area is 118 Å². The van der Waals surface area contributed by atoms with E-state index < -0.39 is 0 Å². The van der Waals surface area contributed by atoms with Gasteiger partial charge < -0.3 is 0 Å². The van der Waals surface area contributed by atoms with Gasteiger partial charge in [0.2, 0.25) is 0 Å². The quantitative estimate of drug-likeness (QED) is 0.795. The minimum Gasteiger partial charge on any atom is -0.219 e. The number of hydrogen-bond acceptors (Lipinski definition) is 2. The topological polar surface area (TPSA) is 30.7 Å². The van der Waals surface area contributed by atoms with Crippen molar-refractivity contribution in [3.63, 3.8) is 0 Å². The van der Waals surface area contributed by atoms with Crippen LogP contribution in [0.4, 0.5) is 0 Å². The minimum atomic E-state index is 0.629. The fraction of sp³-hybridized carbons (Fsp3) is 0.273. The largest absolute Gasteiger partial charge is 0.219 e. The number of aryl methyl sites for hydroxylation is 1. The van der Waals surface area contributed by atoms with Crippen molar-refractivity contribution in [1.29, 1.82) is 0 Å². The predicted molar refractivity (Wildman–Crippen MR) is 73.1 cm³/mol. The molecule has 90 valence electrons. The van der Waals surface area contributed by atoms with Crippen LogP contribution in [0.2, 0.25) is 5.02 Å². The molecule has 6 heteroatoms. The minimum absolute atomic E-state index is 0.629. The van der Waals surface area contributed by atoms with Crippen LogP contribution in [0.5, 0.6) is 0 Å². The zero-order valence-electron chi connectivity index (χ0n) is 8.91. The number of halogens is 3. The first-order valence-electron chi connectivity index (χ1n) is 5.13. The predicted octanol–water partition coefficient (Wildman–Crippen LogP) is 3.85. The van der Waals surface area contributed by atoms with Gasteiger partial charge in [-0.2, -0.15) is 0 Å². The van der Waals surface area contributed by atoms with E-state index in [1.165, 1.54) is 0 Å². The van der Waals surface area contributed by atoms with Crippen LogP contribution in [0.15, 0.2) is 28.9 Å². The van der Waals surface area contributed by atoms with Gasteiger partial charge in [0.25, 0.3) is 0 Å². The summed E-state index contributed by atoms with van der Waals surface area (Å²) in [6.07, 6.45) is 3.60. The third-order valence-electron chi connectivity index (χ3n) is 2.26. The van der Waals surface area contributed by atoms with E-state index in [2.05, 4.69) is 26.2 Å². The van der Waals surface area contributed by atoms with E-state index in [0.29, 0.717) is 10.9 Å². The third kappa shape index (κ3) is 3.21. The number of aromatic nitrogens is 3. The fourth-order valence-electron chi connectivity index (χ4n) is 1.44. The molecular formula is C11H10BrCl2N3. The van der Waals surface area contributed by atoms with Gasteiger partial charge >= 0.3 is 0 Å². The highest BCUT2D eigenvalue weighted by molar-refractivity contribution is 9.10. The molecule has 0 saturated carbocycles. The van der Waals surface area contributed by atoms with Crippen molar-refractivity contribution in [3.8, 4) is 5.69 Å². The Balaban J connectivity index is 2.27. The average molecular weight is 335 g/mol. The summed E-state index contributed by atoms with van der Waals surface area (Å²) in [4.78, 5) is 0. The van der Waals surface area contributed by atoms with Crippen molar-refractivity contribution in [2.75, 3.05) is 5.88 Å². The number of rotatable bonds is 4. The van der Waals surface area contributed by atoms with E-state index in [1.807, 2.05) is 24.4 Å². The molecule has 0 unspecified atom stereocenters. The molecule has 1 aromatic heterocycles. The summed E-state index contributed by atoms with van der Waals surface area (Å²) in [5.41, 5.74) is 1.73. The van der Waals surface area contributed by atoms with E-state index in [4.69, 9.17) is 23.2 Å². The molecule has 2 rings (SSSR count). The number of nitrogens with zero attached hydrogens (tertiary/aromatic N) is 3. The van der Waals surface area contributed by atoms with Gasteiger partial charge in [-0.05, 0) is 31.0 Å². The van der Waals surface area contributed by atoms with E-state index in [9.17, 15) is 0 Å². The van der Waals surface area contributed by atoms with Crippen molar-refractivity contribution in [2.24, 2.45) is 0 Å². The SMILES string of the molecule is ClCCCc1cn(-c2cc(Br)ccc2Cl)nn1. The molecule has 0 aliphatic heterocycles. The summed E-state index contributed by atoms with van der Waals surface area (Å²) in [6.45, 7) is 0. The molecule has 1 heterocycles. The molecule has 3 nitrogen and oxygen atoms in total. The zero-order valence-corrected chi connectivity index (χ0v) is 12.0. The molecule has 0 N–H and O–H groups in total. The van der Waals surface area contributed by atoms with E-state index in [-0.39, 0.29) is 0 Å². The Hall–Kier alpha value is -0.580. The van der Waals surface area contributed by atoms with E-state index >= 15 is 0 Å². The molecular weight excluding hydrogens is 325 g/mol. The van der Waals surface area contributed by atoms with Crippen LogP contribution < -0.4 is 0 Å². The van der Waals surface area contributed by atoms with Crippen LogP contribution in [0, 0.1) is 0 Å². The van der Waals surface area contributed by atoms with Crippen LogP contribution in [-0.2, 0) is 6.42 Å². The first-order valence-corrected chi connectivity index (χ1v) is 6.84. The second-order valence-electron chi connectivity index (χ2n) is 3.54. The first kappa shape index (κ1) is 12.9. The molecule has 0 saturated heterocycles. The number of alkyl halides is 1. The maximum absolute atomic E-state index is 6.11. The maximum Gasteiger partial charge on any atom is 0.0861 e. The maximum atomic E-state index is 6.11. The van der Waals surface area contributed by atoms with Gasteiger partial charge in [0.05, 0.1) is 22.6 Å². The smallest absolute Gasteiger partial charge is 0.0861 e. The van der Waals surface area contributed by atoms with Crippen LogP contribution in [0.25, 0.3) is 5.69 Å². The highest BCUT2D eigenvalue weighted by Gasteiger charge is 2.07. The van der Waals surface area contributed by atoms with Crippen LogP contribution in [0.1, 0.15) is 12.1 Å². The van der Waals surface area contributed by atoms with E-state index in [1.54, 1.807) is 4.68 Å². The lowest BCUT2D eigenvalue weighted by Crippen LogP contribution is -1.95. The zero-order chi connectivity index (χ0) is 12.3. The molecule has 0 aliphatic carbocycles. The normalized spacial score (nSPS) is 10.8. The van der Waals surface area contributed by atoms with Crippen molar-refractivity contribution in [3.05, 3.63) is 39.6 Å². The third-order valence-corrected chi connectivity index (χ3v) is 3.34. The Bertz CT molecular complexity index is 513. The molecule has 1 aromatic carbocycles. The Morgan fingerprint density at radius 3 is 2.94 bits per heavy atom. The number of hydrogen-bond donors (Lipinski definition) is 0. The lowest BCUT2D eigenvalue weighted by Gasteiger charge is -2.03. The van der Waals surface area contributed by atoms with Crippen molar-refractivity contribution >= 4 is 39.1 Å². The Kier molecular flexibility index (Phi) is 4.42. The summed E-state index contributed by atoms with van der Waals surface area (Å²) >= 11 is 15.2. The average Bonchev–Trinajstić information content (AvgIpc) is 2.78. The van der Waals surface area contributed by atoms with Crippen molar-refractivity contribution in [1.82, 2.24) is 15.0 Å². The van der Waals surface area contributed by atoms with Gasteiger partial charge in [-0.1, -0.05) is 32.7 Å². The van der Waals surface area contributed by atoms with Crippen LogP contribution in [-0.4, -0.2) is 20.9 Å². The molecule has 0 radical (unpaired) electrons. The van der Waals surface area contributed by atoms with Crippen molar-refractivity contribution in [2.45, 2.75) is 12.8 Å². The van der Waals surface area contributed by atoms with Gasteiger partial charge in [-0.25, -0.2) is 4.68 Å². The van der Waals surface area contributed by atoms with Crippen LogP contribution in [0.3, 0.4) is 0 Å². The molecule has 0 spiro atoms. The summed E-state index contributed by atoms with van der Waals surface area (Å²) in [6, 6.07) is 5.61. The second-order valence-corrected chi connectivity index (χ2v) is 5.24.